The lowest BCUT2D eigenvalue weighted by molar-refractivity contribution is -0.127. The first-order valence-electron chi connectivity index (χ1n) is 7.39. The van der Waals surface area contributed by atoms with E-state index in [0.29, 0.717) is 18.1 Å². The molecule has 0 aliphatic heterocycles. The zero-order chi connectivity index (χ0) is 15.1. The summed E-state index contributed by atoms with van der Waals surface area (Å²) in [5.41, 5.74) is 0. The summed E-state index contributed by atoms with van der Waals surface area (Å²) in [5, 5.41) is 14.5. The third kappa shape index (κ3) is 4.90. The second kappa shape index (κ2) is 7.83. The minimum atomic E-state index is -0.584. The fourth-order valence-electron chi connectivity index (χ4n) is 2.67. The normalized spacial score (nSPS) is 16.6. The lowest BCUT2D eigenvalue weighted by Gasteiger charge is -2.14. The largest absolute Gasteiger partial charge is 0.467 e. The summed E-state index contributed by atoms with van der Waals surface area (Å²) in [7, 11) is 0. The third-order valence-corrected chi connectivity index (χ3v) is 3.80. The number of nitrogens with one attached hydrogen (secondary N) is 2. The first kappa shape index (κ1) is 15.6. The van der Waals surface area contributed by atoms with Crippen LogP contribution in [0.15, 0.2) is 22.8 Å². The molecule has 0 bridgehead atoms. The van der Waals surface area contributed by atoms with E-state index in [9.17, 15) is 14.7 Å². The van der Waals surface area contributed by atoms with Crippen molar-refractivity contribution in [3.8, 4) is 0 Å². The van der Waals surface area contributed by atoms with Crippen LogP contribution < -0.4 is 10.6 Å². The molecule has 0 radical (unpaired) electrons. The molecule has 21 heavy (non-hydrogen) atoms. The molecule has 1 aromatic heterocycles. The van der Waals surface area contributed by atoms with Crippen LogP contribution in [0.1, 0.15) is 43.9 Å². The Morgan fingerprint density at radius 1 is 1.33 bits per heavy atom. The van der Waals surface area contributed by atoms with Crippen molar-refractivity contribution in [1.82, 2.24) is 10.6 Å². The SMILES string of the molecule is O=C(CC1CCCC1)NCC(=O)NC(CO)c1ccco1. The Morgan fingerprint density at radius 2 is 2.10 bits per heavy atom. The molecule has 3 N–H and O–H groups in total. The molecule has 1 aromatic rings. The maximum Gasteiger partial charge on any atom is 0.240 e. The van der Waals surface area contributed by atoms with Crippen molar-refractivity contribution in [2.45, 2.75) is 38.1 Å². The lowest BCUT2D eigenvalue weighted by atomic mass is 10.0. The molecule has 6 heteroatoms. The number of aliphatic hydroxyl groups excluding tert-OH is 1. The maximum atomic E-state index is 11.8. The van der Waals surface area contributed by atoms with Crippen LogP contribution in [-0.4, -0.2) is 30.1 Å². The first-order valence-corrected chi connectivity index (χ1v) is 7.39. The molecule has 6 nitrogen and oxygen atoms in total. The molecule has 0 spiro atoms. The standard InChI is InChI=1S/C15H22N2O4/c18-10-12(13-6-3-7-21-13)17-15(20)9-16-14(19)8-11-4-1-2-5-11/h3,6-7,11-12,18H,1-2,4-5,8-10H2,(H,16,19)(H,17,20). The highest BCUT2D eigenvalue weighted by molar-refractivity contribution is 5.84. The first-order chi connectivity index (χ1) is 10.2. The molecular weight excluding hydrogens is 272 g/mol. The van der Waals surface area contributed by atoms with E-state index < -0.39 is 6.04 Å². The van der Waals surface area contributed by atoms with Crippen LogP contribution in [0.25, 0.3) is 0 Å². The molecular formula is C15H22N2O4. The van der Waals surface area contributed by atoms with Crippen LogP contribution in [0.2, 0.25) is 0 Å². The van der Waals surface area contributed by atoms with Gasteiger partial charge in [-0.3, -0.25) is 9.59 Å². The third-order valence-electron chi connectivity index (χ3n) is 3.80. The highest BCUT2D eigenvalue weighted by atomic mass is 16.3. The van der Waals surface area contributed by atoms with Crippen LogP contribution in [0.4, 0.5) is 0 Å². The number of rotatable bonds is 7. The summed E-state index contributed by atoms with van der Waals surface area (Å²) in [5.74, 6) is 0.519. The van der Waals surface area contributed by atoms with Crippen molar-refractivity contribution in [3.63, 3.8) is 0 Å². The van der Waals surface area contributed by atoms with Gasteiger partial charge in [0, 0.05) is 6.42 Å². The van der Waals surface area contributed by atoms with Crippen LogP contribution in [0.3, 0.4) is 0 Å². The Kier molecular flexibility index (Phi) is 5.80. The van der Waals surface area contributed by atoms with Gasteiger partial charge in [0.1, 0.15) is 11.8 Å². The van der Waals surface area contributed by atoms with Crippen molar-refractivity contribution in [3.05, 3.63) is 24.2 Å². The molecule has 1 heterocycles. The average Bonchev–Trinajstić information content (AvgIpc) is 3.15. The topological polar surface area (TPSA) is 91.6 Å². The number of furan rings is 1. The maximum absolute atomic E-state index is 11.8. The molecule has 1 fully saturated rings. The summed E-state index contributed by atoms with van der Waals surface area (Å²) in [6.07, 6.45) is 6.57. The van der Waals surface area contributed by atoms with Gasteiger partial charge in [-0.15, -0.1) is 0 Å². The van der Waals surface area contributed by atoms with Gasteiger partial charge >= 0.3 is 0 Å². The van der Waals surface area contributed by atoms with E-state index in [1.165, 1.54) is 19.1 Å². The van der Waals surface area contributed by atoms with Crippen LogP contribution in [-0.2, 0) is 9.59 Å². The molecule has 1 unspecified atom stereocenters. The molecule has 2 amide bonds. The quantitative estimate of drug-likeness (QED) is 0.703. The van der Waals surface area contributed by atoms with Crippen molar-refractivity contribution < 1.29 is 19.1 Å². The van der Waals surface area contributed by atoms with E-state index in [0.717, 1.165) is 12.8 Å². The molecule has 0 saturated heterocycles. The van der Waals surface area contributed by atoms with Gasteiger partial charge in [0.05, 0.1) is 19.4 Å². The average molecular weight is 294 g/mol. The van der Waals surface area contributed by atoms with Crippen LogP contribution >= 0.6 is 0 Å². The zero-order valence-electron chi connectivity index (χ0n) is 12.0. The minimum Gasteiger partial charge on any atom is -0.467 e. The Morgan fingerprint density at radius 3 is 2.71 bits per heavy atom. The Labute approximate surface area is 123 Å². The molecule has 0 aromatic carbocycles. The molecule has 1 saturated carbocycles. The van der Waals surface area contributed by atoms with Gasteiger partial charge in [-0.2, -0.15) is 0 Å². The molecule has 1 aliphatic rings. The van der Waals surface area contributed by atoms with E-state index in [1.807, 2.05) is 0 Å². The van der Waals surface area contributed by atoms with Gasteiger partial charge in [0.2, 0.25) is 11.8 Å². The van der Waals surface area contributed by atoms with Gasteiger partial charge in [-0.1, -0.05) is 12.8 Å². The van der Waals surface area contributed by atoms with Crippen molar-refractivity contribution in [2.75, 3.05) is 13.2 Å². The van der Waals surface area contributed by atoms with E-state index in [-0.39, 0.29) is 25.0 Å². The monoisotopic (exact) mass is 294 g/mol. The predicted molar refractivity (Wildman–Crippen MR) is 76.3 cm³/mol. The van der Waals surface area contributed by atoms with E-state index in [1.54, 1.807) is 12.1 Å². The van der Waals surface area contributed by atoms with Crippen molar-refractivity contribution >= 4 is 11.8 Å². The van der Waals surface area contributed by atoms with Crippen LogP contribution in [0.5, 0.6) is 0 Å². The number of carbonyl (C=O) groups excluding carboxylic acids is 2. The lowest BCUT2D eigenvalue weighted by Crippen LogP contribution is -2.39. The van der Waals surface area contributed by atoms with E-state index in [2.05, 4.69) is 10.6 Å². The Bertz CT molecular complexity index is 452. The second-order valence-electron chi connectivity index (χ2n) is 5.45. The van der Waals surface area contributed by atoms with Gasteiger partial charge < -0.3 is 20.2 Å². The van der Waals surface area contributed by atoms with Crippen LogP contribution in [0, 0.1) is 5.92 Å². The molecule has 116 valence electrons. The molecule has 2 rings (SSSR count). The highest BCUT2D eigenvalue weighted by Crippen LogP contribution is 2.27. The van der Waals surface area contributed by atoms with Crippen molar-refractivity contribution in [1.29, 1.82) is 0 Å². The van der Waals surface area contributed by atoms with E-state index >= 15 is 0 Å². The number of amides is 2. The summed E-state index contributed by atoms with van der Waals surface area (Å²) in [4.78, 5) is 23.5. The molecule has 1 aliphatic carbocycles. The van der Waals surface area contributed by atoms with Gasteiger partial charge in [0.25, 0.3) is 0 Å². The summed E-state index contributed by atoms with van der Waals surface area (Å²) in [6.45, 7) is -0.335. The summed E-state index contributed by atoms with van der Waals surface area (Å²) in [6, 6.07) is 2.78. The Hall–Kier alpha value is -1.82. The highest BCUT2D eigenvalue weighted by Gasteiger charge is 2.20. The van der Waals surface area contributed by atoms with Gasteiger partial charge in [-0.05, 0) is 30.9 Å². The predicted octanol–water partition coefficient (Wildman–Crippen LogP) is 1.13. The number of aliphatic hydroxyl groups is 1. The number of hydrogen-bond acceptors (Lipinski definition) is 4. The summed E-state index contributed by atoms with van der Waals surface area (Å²) < 4.78 is 5.14. The minimum absolute atomic E-state index is 0.0806. The summed E-state index contributed by atoms with van der Waals surface area (Å²) >= 11 is 0. The number of hydrogen-bond donors (Lipinski definition) is 3. The van der Waals surface area contributed by atoms with Gasteiger partial charge in [-0.25, -0.2) is 0 Å². The smallest absolute Gasteiger partial charge is 0.240 e. The van der Waals surface area contributed by atoms with Crippen molar-refractivity contribution in [2.24, 2.45) is 5.92 Å². The van der Waals surface area contributed by atoms with Gasteiger partial charge in [0.15, 0.2) is 0 Å². The fourth-order valence-corrected chi connectivity index (χ4v) is 2.67. The van der Waals surface area contributed by atoms with E-state index in [4.69, 9.17) is 4.42 Å². The Balaban J connectivity index is 1.70. The molecule has 1 atom stereocenters. The number of carbonyl (C=O) groups is 2. The second-order valence-corrected chi connectivity index (χ2v) is 5.45. The fraction of sp³-hybridized carbons (Fsp3) is 0.600. The zero-order valence-corrected chi connectivity index (χ0v) is 12.0.